The second-order valence-corrected chi connectivity index (χ2v) is 6.25. The van der Waals surface area contributed by atoms with Crippen molar-refractivity contribution in [1.29, 1.82) is 0 Å². The van der Waals surface area contributed by atoms with Crippen LogP contribution in [0.1, 0.15) is 21.6 Å². The van der Waals surface area contributed by atoms with Crippen molar-refractivity contribution in [2.75, 3.05) is 0 Å². The predicted octanol–water partition coefficient (Wildman–Crippen LogP) is 5.34. The van der Waals surface area contributed by atoms with E-state index in [0.717, 1.165) is 31.7 Å². The first-order chi connectivity index (χ1) is 8.60. The highest BCUT2D eigenvalue weighted by atomic mass is 35.5. The Labute approximate surface area is 121 Å². The number of rotatable bonds is 4. The van der Waals surface area contributed by atoms with Crippen LogP contribution in [-0.4, -0.2) is 0 Å². The molecule has 0 amide bonds. The smallest absolute Gasteiger partial charge is 0.125 e. The van der Waals surface area contributed by atoms with Gasteiger partial charge in [-0.15, -0.1) is 22.9 Å². The van der Waals surface area contributed by atoms with Crippen LogP contribution in [0.3, 0.4) is 0 Å². The van der Waals surface area contributed by atoms with Gasteiger partial charge in [0.25, 0.3) is 0 Å². The first-order valence-electron chi connectivity index (χ1n) is 5.63. The summed E-state index contributed by atoms with van der Waals surface area (Å²) in [5.41, 5.74) is 3.36. The summed E-state index contributed by atoms with van der Waals surface area (Å²) in [6.07, 6.45) is 0. The lowest BCUT2D eigenvalue weighted by Gasteiger charge is -2.12. The second kappa shape index (κ2) is 5.96. The Balaban J connectivity index is 2.14. The average molecular weight is 301 g/mol. The van der Waals surface area contributed by atoms with E-state index in [4.69, 9.17) is 27.9 Å². The number of hydrogen-bond donors (Lipinski definition) is 0. The van der Waals surface area contributed by atoms with Crippen LogP contribution in [0.2, 0.25) is 4.34 Å². The molecule has 96 valence electrons. The molecule has 0 unspecified atom stereocenters. The van der Waals surface area contributed by atoms with Gasteiger partial charge < -0.3 is 4.74 Å². The summed E-state index contributed by atoms with van der Waals surface area (Å²) in [5.74, 6) is 1.47. The first kappa shape index (κ1) is 13.7. The zero-order valence-corrected chi connectivity index (χ0v) is 12.6. The van der Waals surface area contributed by atoms with Gasteiger partial charge in [0.2, 0.25) is 0 Å². The van der Waals surface area contributed by atoms with Gasteiger partial charge in [0.05, 0.1) is 4.34 Å². The van der Waals surface area contributed by atoms with E-state index in [9.17, 15) is 0 Å². The van der Waals surface area contributed by atoms with Crippen molar-refractivity contribution < 1.29 is 4.74 Å². The summed E-state index contributed by atoms with van der Waals surface area (Å²) in [7, 11) is 0. The lowest BCUT2D eigenvalue weighted by Crippen LogP contribution is -1.98. The van der Waals surface area contributed by atoms with Gasteiger partial charge in [-0.3, -0.25) is 0 Å². The van der Waals surface area contributed by atoms with Crippen molar-refractivity contribution in [2.45, 2.75) is 26.3 Å². The van der Waals surface area contributed by atoms with Crippen molar-refractivity contribution in [1.82, 2.24) is 0 Å². The molecule has 0 atom stereocenters. The molecule has 0 saturated carbocycles. The van der Waals surface area contributed by atoms with Crippen molar-refractivity contribution in [3.63, 3.8) is 0 Å². The lowest BCUT2D eigenvalue weighted by molar-refractivity contribution is 0.305. The van der Waals surface area contributed by atoms with E-state index in [1.165, 1.54) is 0 Å². The number of hydrogen-bond acceptors (Lipinski definition) is 2. The molecule has 0 aliphatic heterocycles. The van der Waals surface area contributed by atoms with Crippen LogP contribution in [0.5, 0.6) is 5.75 Å². The van der Waals surface area contributed by atoms with Gasteiger partial charge in [-0.05, 0) is 42.7 Å². The molecule has 0 aliphatic carbocycles. The van der Waals surface area contributed by atoms with Gasteiger partial charge in [-0.1, -0.05) is 23.7 Å². The fraction of sp³-hybridized carbons (Fsp3) is 0.286. The van der Waals surface area contributed by atoms with E-state index in [-0.39, 0.29) is 0 Å². The summed E-state index contributed by atoms with van der Waals surface area (Å²) in [6.45, 7) is 4.64. The Hall–Kier alpha value is -0.700. The molecular weight excluding hydrogens is 287 g/mol. The maximum atomic E-state index is 5.89. The van der Waals surface area contributed by atoms with Crippen LogP contribution in [0.25, 0.3) is 0 Å². The zero-order valence-electron chi connectivity index (χ0n) is 10.3. The van der Waals surface area contributed by atoms with Crippen LogP contribution >= 0.6 is 34.5 Å². The highest BCUT2D eigenvalue weighted by Gasteiger charge is 2.07. The SMILES string of the molecule is Cc1cc(CCl)cc(C)c1OCc1ccc(Cl)s1. The highest BCUT2D eigenvalue weighted by molar-refractivity contribution is 7.16. The Morgan fingerprint density at radius 1 is 1.17 bits per heavy atom. The van der Waals surface area contributed by atoms with Gasteiger partial charge in [-0.25, -0.2) is 0 Å². The lowest BCUT2D eigenvalue weighted by atomic mass is 10.1. The molecule has 0 saturated heterocycles. The number of halogens is 2. The zero-order chi connectivity index (χ0) is 13.1. The third-order valence-corrected chi connectivity index (χ3v) is 4.18. The molecule has 1 aromatic heterocycles. The molecule has 0 aliphatic rings. The molecule has 0 bridgehead atoms. The van der Waals surface area contributed by atoms with Crippen molar-refractivity contribution in [3.8, 4) is 5.75 Å². The van der Waals surface area contributed by atoms with E-state index in [1.807, 2.05) is 26.0 Å². The molecule has 0 radical (unpaired) electrons. The number of aryl methyl sites for hydroxylation is 2. The predicted molar refractivity (Wildman–Crippen MR) is 79.1 cm³/mol. The summed E-state index contributed by atoms with van der Waals surface area (Å²) >= 11 is 13.3. The van der Waals surface area contributed by atoms with E-state index < -0.39 is 0 Å². The topological polar surface area (TPSA) is 9.23 Å². The first-order valence-corrected chi connectivity index (χ1v) is 7.36. The van der Waals surface area contributed by atoms with Gasteiger partial charge in [-0.2, -0.15) is 0 Å². The van der Waals surface area contributed by atoms with E-state index >= 15 is 0 Å². The maximum Gasteiger partial charge on any atom is 0.125 e. The van der Waals surface area contributed by atoms with Crippen molar-refractivity contribution in [2.24, 2.45) is 0 Å². The van der Waals surface area contributed by atoms with Gasteiger partial charge in [0, 0.05) is 10.8 Å². The number of ether oxygens (including phenoxy) is 1. The summed E-state index contributed by atoms with van der Waals surface area (Å²) < 4.78 is 6.67. The van der Waals surface area contributed by atoms with Crippen LogP contribution in [0.15, 0.2) is 24.3 Å². The normalized spacial score (nSPS) is 10.7. The molecule has 1 aromatic carbocycles. The highest BCUT2D eigenvalue weighted by Crippen LogP contribution is 2.28. The molecule has 18 heavy (non-hydrogen) atoms. The molecule has 2 rings (SSSR count). The Kier molecular flexibility index (Phi) is 4.55. The Morgan fingerprint density at radius 3 is 2.33 bits per heavy atom. The fourth-order valence-electron chi connectivity index (χ4n) is 1.92. The van der Waals surface area contributed by atoms with Gasteiger partial charge >= 0.3 is 0 Å². The summed E-state index contributed by atoms with van der Waals surface area (Å²) in [4.78, 5) is 1.13. The minimum atomic E-state index is 0.530. The van der Waals surface area contributed by atoms with Crippen LogP contribution < -0.4 is 4.74 Å². The van der Waals surface area contributed by atoms with Crippen LogP contribution in [0, 0.1) is 13.8 Å². The second-order valence-electron chi connectivity index (χ2n) is 4.19. The van der Waals surface area contributed by atoms with Gasteiger partial charge in [0.15, 0.2) is 0 Å². The van der Waals surface area contributed by atoms with E-state index in [0.29, 0.717) is 12.5 Å². The Bertz CT molecular complexity index is 525. The number of benzene rings is 1. The van der Waals surface area contributed by atoms with E-state index in [2.05, 4.69) is 12.1 Å². The van der Waals surface area contributed by atoms with Crippen molar-refractivity contribution in [3.05, 3.63) is 50.2 Å². The molecule has 1 nitrogen and oxygen atoms in total. The number of thiophene rings is 1. The minimum Gasteiger partial charge on any atom is -0.488 e. The average Bonchev–Trinajstić information content (AvgIpc) is 2.73. The van der Waals surface area contributed by atoms with Gasteiger partial charge in [0.1, 0.15) is 12.4 Å². The van der Waals surface area contributed by atoms with Crippen LogP contribution in [0.4, 0.5) is 0 Å². The molecule has 1 heterocycles. The maximum absolute atomic E-state index is 5.89. The van der Waals surface area contributed by atoms with Crippen molar-refractivity contribution >= 4 is 34.5 Å². The third kappa shape index (κ3) is 3.19. The monoisotopic (exact) mass is 300 g/mol. The molecular formula is C14H14Cl2OS. The standard InChI is InChI=1S/C14H14Cl2OS/c1-9-5-11(7-15)6-10(2)14(9)17-8-12-3-4-13(16)18-12/h3-6H,7-8H2,1-2H3. The molecule has 2 aromatic rings. The van der Waals surface area contributed by atoms with Crippen LogP contribution in [-0.2, 0) is 12.5 Å². The quantitative estimate of drug-likeness (QED) is 0.693. The minimum absolute atomic E-state index is 0.530. The summed E-state index contributed by atoms with van der Waals surface area (Å²) in [6, 6.07) is 8.01. The largest absolute Gasteiger partial charge is 0.488 e. The Morgan fingerprint density at radius 2 is 1.83 bits per heavy atom. The third-order valence-electron chi connectivity index (χ3n) is 2.66. The molecule has 0 spiro atoms. The molecule has 0 fully saturated rings. The summed E-state index contributed by atoms with van der Waals surface area (Å²) in [5, 5.41) is 0. The van der Waals surface area contributed by atoms with E-state index in [1.54, 1.807) is 11.3 Å². The molecule has 4 heteroatoms. The fourth-order valence-corrected chi connectivity index (χ4v) is 3.07. The number of alkyl halides is 1. The molecule has 0 N–H and O–H groups in total.